The highest BCUT2D eigenvalue weighted by molar-refractivity contribution is 5.80. The van der Waals surface area contributed by atoms with Gasteiger partial charge in [-0.15, -0.1) is 0 Å². The van der Waals surface area contributed by atoms with Gasteiger partial charge in [-0.05, 0) is 13.8 Å². The lowest BCUT2D eigenvalue weighted by Gasteiger charge is -2.10. The third-order valence-electron chi connectivity index (χ3n) is 1.23. The van der Waals surface area contributed by atoms with Crippen molar-refractivity contribution in [3.05, 3.63) is 0 Å². The van der Waals surface area contributed by atoms with Crippen LogP contribution in [0.1, 0.15) is 20.3 Å². The maximum Gasteiger partial charge on any atom is 0.341 e. The number of carboxylic acid groups (broad SMARTS) is 1. The third kappa shape index (κ3) is 3.70. The Morgan fingerprint density at radius 3 is 2.73 bits per heavy atom. The predicted octanol–water partition coefficient (Wildman–Crippen LogP) is 1.28. The van der Waals surface area contributed by atoms with Crippen LogP contribution in [0.25, 0.3) is 0 Å². The fraction of sp³-hybridized carbons (Fsp3) is 0.714. The van der Waals surface area contributed by atoms with E-state index in [2.05, 4.69) is 4.99 Å². The van der Waals surface area contributed by atoms with Gasteiger partial charge >= 0.3 is 5.97 Å². The molecule has 1 unspecified atom stereocenters. The first kappa shape index (κ1) is 10.1. The normalized spacial score (nSPS) is 16.6. The van der Waals surface area contributed by atoms with Crippen molar-refractivity contribution in [3.8, 4) is 0 Å². The summed E-state index contributed by atoms with van der Waals surface area (Å²) in [5.41, 5.74) is -2.18. The van der Waals surface area contributed by atoms with E-state index in [9.17, 15) is 9.18 Å². The fourth-order valence-electron chi connectivity index (χ4n) is 0.452. The summed E-state index contributed by atoms with van der Waals surface area (Å²) in [5.74, 6) is -1.44. The number of carboxylic acids is 1. The van der Waals surface area contributed by atoms with Gasteiger partial charge in [0.2, 0.25) is 5.67 Å². The molecule has 4 heteroatoms. The Hall–Kier alpha value is -0.930. The van der Waals surface area contributed by atoms with Crippen LogP contribution in [0, 0.1) is 0 Å². The maximum absolute atomic E-state index is 12.8. The van der Waals surface area contributed by atoms with Crippen molar-refractivity contribution in [2.75, 3.05) is 6.54 Å². The van der Waals surface area contributed by atoms with Crippen LogP contribution in [0.2, 0.25) is 0 Å². The zero-order chi connectivity index (χ0) is 8.91. The number of aliphatic imine (C=N–C) groups is 1. The second kappa shape index (κ2) is 4.05. The monoisotopic (exact) mass is 161 g/mol. The molecule has 0 saturated heterocycles. The van der Waals surface area contributed by atoms with Gasteiger partial charge < -0.3 is 5.11 Å². The number of rotatable bonds is 4. The van der Waals surface area contributed by atoms with E-state index < -0.39 is 11.6 Å². The standard InChI is InChI=1S/C7H12FNO2/c1-3-9-5-4-7(2,8)6(10)11/h5H,3-4H2,1-2H3,(H,10,11). The highest BCUT2D eigenvalue weighted by atomic mass is 19.1. The fourth-order valence-corrected chi connectivity index (χ4v) is 0.452. The Morgan fingerprint density at radius 2 is 2.36 bits per heavy atom. The molecule has 3 nitrogen and oxygen atoms in total. The smallest absolute Gasteiger partial charge is 0.341 e. The third-order valence-corrected chi connectivity index (χ3v) is 1.23. The molecule has 0 rings (SSSR count). The first-order chi connectivity index (χ1) is 5.00. The van der Waals surface area contributed by atoms with Crippen LogP contribution >= 0.6 is 0 Å². The molecule has 0 aliphatic rings. The van der Waals surface area contributed by atoms with Crippen LogP contribution in [0.5, 0.6) is 0 Å². The van der Waals surface area contributed by atoms with Crippen molar-refractivity contribution in [1.29, 1.82) is 0 Å². The molecule has 0 fully saturated rings. The molecule has 1 N–H and O–H groups in total. The molecule has 0 bridgehead atoms. The van der Waals surface area contributed by atoms with Crippen LogP contribution in [-0.2, 0) is 4.79 Å². The van der Waals surface area contributed by atoms with Crippen LogP contribution in [0.3, 0.4) is 0 Å². The Labute approximate surface area is 64.9 Å². The van der Waals surface area contributed by atoms with E-state index in [4.69, 9.17) is 5.11 Å². The summed E-state index contributed by atoms with van der Waals surface area (Å²) in [6.07, 6.45) is 1.13. The molecule has 0 aliphatic heterocycles. The van der Waals surface area contributed by atoms with Gasteiger partial charge in [-0.1, -0.05) is 0 Å². The van der Waals surface area contributed by atoms with E-state index in [-0.39, 0.29) is 6.42 Å². The molecule has 0 amide bonds. The van der Waals surface area contributed by atoms with Crippen molar-refractivity contribution >= 4 is 12.2 Å². The Kier molecular flexibility index (Phi) is 3.71. The summed E-state index contributed by atoms with van der Waals surface area (Å²) in [4.78, 5) is 13.9. The Morgan fingerprint density at radius 1 is 1.82 bits per heavy atom. The lowest BCUT2D eigenvalue weighted by molar-refractivity contribution is -0.149. The molecule has 0 radical (unpaired) electrons. The van der Waals surface area contributed by atoms with Gasteiger partial charge in [-0.2, -0.15) is 0 Å². The number of carbonyl (C=O) groups is 1. The zero-order valence-corrected chi connectivity index (χ0v) is 6.67. The van der Waals surface area contributed by atoms with Gasteiger partial charge in [-0.3, -0.25) is 4.99 Å². The quantitative estimate of drug-likeness (QED) is 0.631. The van der Waals surface area contributed by atoms with Crippen LogP contribution in [0.4, 0.5) is 4.39 Å². The van der Waals surface area contributed by atoms with Crippen molar-refractivity contribution in [3.63, 3.8) is 0 Å². The molecule has 0 aromatic carbocycles. The van der Waals surface area contributed by atoms with Gasteiger partial charge in [0.1, 0.15) is 0 Å². The minimum Gasteiger partial charge on any atom is -0.479 e. The van der Waals surface area contributed by atoms with E-state index in [0.717, 1.165) is 6.92 Å². The van der Waals surface area contributed by atoms with Crippen molar-refractivity contribution in [2.24, 2.45) is 4.99 Å². The van der Waals surface area contributed by atoms with Gasteiger partial charge in [0.25, 0.3) is 0 Å². The van der Waals surface area contributed by atoms with Crippen LogP contribution in [0.15, 0.2) is 4.99 Å². The summed E-state index contributed by atoms with van der Waals surface area (Å²) >= 11 is 0. The molecular weight excluding hydrogens is 149 g/mol. The topological polar surface area (TPSA) is 49.7 Å². The zero-order valence-electron chi connectivity index (χ0n) is 6.67. The average Bonchev–Trinajstić information content (AvgIpc) is 1.88. The molecule has 0 aromatic heterocycles. The molecule has 0 aliphatic carbocycles. The number of aliphatic carboxylic acids is 1. The van der Waals surface area contributed by atoms with Crippen LogP contribution < -0.4 is 0 Å². The molecule has 0 spiro atoms. The van der Waals surface area contributed by atoms with E-state index >= 15 is 0 Å². The predicted molar refractivity (Wildman–Crippen MR) is 40.8 cm³/mol. The highest BCUT2D eigenvalue weighted by Crippen LogP contribution is 2.13. The Balaban J connectivity index is 3.92. The Bertz CT molecular complexity index is 166. The summed E-state index contributed by atoms with van der Waals surface area (Å²) in [6, 6.07) is 0. The molecule has 0 saturated carbocycles. The minimum atomic E-state index is -2.18. The second-order valence-electron chi connectivity index (χ2n) is 2.39. The second-order valence-corrected chi connectivity index (χ2v) is 2.39. The summed E-state index contributed by atoms with van der Waals surface area (Å²) in [7, 11) is 0. The van der Waals surface area contributed by atoms with Crippen molar-refractivity contribution in [2.45, 2.75) is 25.9 Å². The molecular formula is C7H12FNO2. The van der Waals surface area contributed by atoms with E-state index in [1.165, 1.54) is 6.21 Å². The summed E-state index contributed by atoms with van der Waals surface area (Å²) in [6.45, 7) is 3.37. The van der Waals surface area contributed by atoms with Gasteiger partial charge in [0.05, 0.1) is 0 Å². The highest BCUT2D eigenvalue weighted by Gasteiger charge is 2.31. The van der Waals surface area contributed by atoms with Gasteiger partial charge in [0, 0.05) is 19.2 Å². The van der Waals surface area contributed by atoms with E-state index in [1.807, 2.05) is 0 Å². The molecule has 1 atom stereocenters. The van der Waals surface area contributed by atoms with Gasteiger partial charge in [-0.25, -0.2) is 9.18 Å². The number of hydrogen-bond acceptors (Lipinski definition) is 2. The average molecular weight is 161 g/mol. The lowest BCUT2D eigenvalue weighted by Crippen LogP contribution is -2.29. The SMILES string of the molecule is CCN=CCC(C)(F)C(=O)O. The molecule has 11 heavy (non-hydrogen) atoms. The van der Waals surface area contributed by atoms with Crippen molar-refractivity contribution < 1.29 is 14.3 Å². The van der Waals surface area contributed by atoms with E-state index in [0.29, 0.717) is 6.54 Å². The molecule has 0 aromatic rings. The number of nitrogens with zero attached hydrogens (tertiary/aromatic N) is 1. The lowest BCUT2D eigenvalue weighted by atomic mass is 10.1. The van der Waals surface area contributed by atoms with E-state index in [1.54, 1.807) is 6.92 Å². The van der Waals surface area contributed by atoms with Crippen LogP contribution in [-0.4, -0.2) is 29.5 Å². The minimum absolute atomic E-state index is 0.170. The summed E-state index contributed by atoms with van der Waals surface area (Å²) < 4.78 is 12.8. The number of alkyl halides is 1. The maximum atomic E-state index is 12.8. The molecule has 0 heterocycles. The van der Waals surface area contributed by atoms with Gasteiger partial charge in [0.15, 0.2) is 0 Å². The largest absolute Gasteiger partial charge is 0.479 e. The first-order valence-electron chi connectivity index (χ1n) is 3.41. The van der Waals surface area contributed by atoms with Crippen molar-refractivity contribution in [1.82, 2.24) is 0 Å². The first-order valence-corrected chi connectivity index (χ1v) is 3.41. The summed E-state index contributed by atoms with van der Waals surface area (Å²) in [5, 5.41) is 8.30. The number of hydrogen-bond donors (Lipinski definition) is 1. The molecule has 64 valence electrons. The number of halogens is 1.